The molecule has 1 amide bonds. The van der Waals surface area contributed by atoms with Crippen LogP contribution in [-0.4, -0.2) is 65.8 Å². The highest BCUT2D eigenvalue weighted by Gasteiger charge is 2.59. The lowest BCUT2D eigenvalue weighted by Crippen LogP contribution is -2.58. The number of benzene rings is 3. The van der Waals surface area contributed by atoms with Gasteiger partial charge in [-0.1, -0.05) is 67.1 Å². The predicted molar refractivity (Wildman–Crippen MR) is 224 cm³/mol. The van der Waals surface area contributed by atoms with Gasteiger partial charge < -0.3 is 24.6 Å². The maximum Gasteiger partial charge on any atom is 0.227 e. The summed E-state index contributed by atoms with van der Waals surface area (Å²) in [6, 6.07) is 21.4. The number of allylic oxidation sites excluding steroid dienone is 2. The molecular formula is C50H63NO6. The molecule has 57 heavy (non-hydrogen) atoms. The van der Waals surface area contributed by atoms with Crippen LogP contribution in [0.25, 0.3) is 0 Å². The van der Waals surface area contributed by atoms with E-state index in [1.54, 1.807) is 14.2 Å². The Bertz CT molecular complexity index is 1950. The second-order valence-electron chi connectivity index (χ2n) is 19.2. The number of fused-ring (bicyclic) bond motifs is 8. The number of hydrogen-bond donors (Lipinski definition) is 2. The van der Waals surface area contributed by atoms with Crippen molar-refractivity contribution in [3.05, 3.63) is 106 Å². The van der Waals surface area contributed by atoms with E-state index in [2.05, 4.69) is 37.0 Å². The van der Waals surface area contributed by atoms with E-state index in [1.165, 1.54) is 44.1 Å². The van der Waals surface area contributed by atoms with Crippen molar-refractivity contribution in [3.63, 3.8) is 0 Å². The fourth-order valence-electron chi connectivity index (χ4n) is 12.7. The van der Waals surface area contributed by atoms with Gasteiger partial charge in [-0.2, -0.15) is 0 Å². The van der Waals surface area contributed by atoms with Gasteiger partial charge in [0, 0.05) is 29.6 Å². The second-order valence-corrected chi connectivity index (χ2v) is 19.2. The van der Waals surface area contributed by atoms with Gasteiger partial charge in [-0.05, 0) is 154 Å². The van der Waals surface area contributed by atoms with E-state index in [9.17, 15) is 19.8 Å². The summed E-state index contributed by atoms with van der Waals surface area (Å²) in [7, 11) is 3.24. The van der Waals surface area contributed by atoms with Crippen LogP contribution in [0.5, 0.6) is 11.5 Å². The van der Waals surface area contributed by atoms with Crippen molar-refractivity contribution in [1.29, 1.82) is 0 Å². The van der Waals surface area contributed by atoms with E-state index >= 15 is 0 Å². The summed E-state index contributed by atoms with van der Waals surface area (Å²) in [4.78, 5) is 31.4. The Kier molecular flexibility index (Phi) is 11.2. The molecule has 0 radical (unpaired) electrons. The Labute approximate surface area is 339 Å². The summed E-state index contributed by atoms with van der Waals surface area (Å²) in [6.45, 7) is 5.32. The van der Waals surface area contributed by atoms with Gasteiger partial charge in [-0.15, -0.1) is 0 Å². The standard InChI is InChI=1S/C50H63NO6/c1-33-9-8-19-48(2)43(41-16-13-34(24-40(52)15-12-33)25-42(41)47(54)39-10-6-5-7-11-39)18-20-50(48,55)32-51(31-49-28-36-21-37(29-49)23-38(22-36)30-49)46(53)27-35-14-17-44(56-3)45(26-35)57-4/h5-7,9-11,13-14,16-17,25-26,36-38,40,43,52,55H,8,12,15,18-24,27-32H2,1-4H3. The molecule has 4 unspecified atom stereocenters. The van der Waals surface area contributed by atoms with Gasteiger partial charge in [0.05, 0.1) is 32.3 Å². The molecule has 7 heteroatoms. The molecule has 0 saturated heterocycles. The van der Waals surface area contributed by atoms with Gasteiger partial charge in [0.15, 0.2) is 17.3 Å². The van der Waals surface area contributed by atoms with Gasteiger partial charge in [0.25, 0.3) is 0 Å². The number of methoxy groups -OCH3 is 2. The number of aliphatic hydroxyl groups is 2. The zero-order valence-corrected chi connectivity index (χ0v) is 34.6. The Balaban J connectivity index is 1.18. The highest BCUT2D eigenvalue weighted by atomic mass is 16.5. The van der Waals surface area contributed by atoms with Gasteiger partial charge in [-0.25, -0.2) is 0 Å². The van der Waals surface area contributed by atoms with Crippen molar-refractivity contribution in [2.45, 2.75) is 121 Å². The number of aliphatic hydroxyl groups excluding tert-OH is 1. The van der Waals surface area contributed by atoms with Crippen molar-refractivity contribution < 1.29 is 29.3 Å². The Morgan fingerprint density at radius 1 is 0.842 bits per heavy atom. The Hall–Kier alpha value is -3.94. The largest absolute Gasteiger partial charge is 0.493 e. The van der Waals surface area contributed by atoms with Crippen LogP contribution in [0, 0.1) is 28.6 Å². The van der Waals surface area contributed by atoms with Crippen molar-refractivity contribution in [2.75, 3.05) is 27.3 Å². The first-order chi connectivity index (χ1) is 27.4. The van der Waals surface area contributed by atoms with Crippen molar-refractivity contribution in [1.82, 2.24) is 4.90 Å². The highest BCUT2D eigenvalue weighted by Crippen LogP contribution is 2.62. The summed E-state index contributed by atoms with van der Waals surface area (Å²) < 4.78 is 11.1. The normalized spacial score (nSPS) is 32.0. The van der Waals surface area contributed by atoms with Crippen LogP contribution < -0.4 is 9.47 Å². The molecule has 0 aromatic heterocycles. The van der Waals surface area contributed by atoms with E-state index in [-0.39, 0.29) is 36.0 Å². The lowest BCUT2D eigenvalue weighted by molar-refractivity contribution is -0.148. The monoisotopic (exact) mass is 773 g/mol. The lowest BCUT2D eigenvalue weighted by Gasteiger charge is -2.58. The molecule has 3 aromatic rings. The maximum atomic E-state index is 14.9. The number of ether oxygens (including phenoxy) is 2. The molecule has 2 N–H and O–H groups in total. The summed E-state index contributed by atoms with van der Waals surface area (Å²) in [5.41, 5.74) is 3.58. The quantitative estimate of drug-likeness (QED) is 0.158. The van der Waals surface area contributed by atoms with E-state index in [1.807, 2.05) is 54.6 Å². The first-order valence-corrected chi connectivity index (χ1v) is 21.7. The van der Waals surface area contributed by atoms with Crippen molar-refractivity contribution >= 4 is 11.7 Å². The van der Waals surface area contributed by atoms with Gasteiger partial charge in [0.2, 0.25) is 5.91 Å². The first kappa shape index (κ1) is 39.9. The minimum Gasteiger partial charge on any atom is -0.493 e. The summed E-state index contributed by atoms with van der Waals surface area (Å²) in [6.07, 6.45) is 14.2. The zero-order chi connectivity index (χ0) is 40.0. The fourth-order valence-corrected chi connectivity index (χ4v) is 12.7. The number of rotatable bonds is 10. The third-order valence-corrected chi connectivity index (χ3v) is 15.3. The minimum atomic E-state index is -1.19. The SMILES string of the molecule is COc1ccc(CC(=O)N(CC23CC4CC(CC(C4)C2)C3)CC2(O)CCC3c4ccc(cc4C(=O)c4ccccc4)CC(O)CCC(C)=CCCC32C)cc1OC. The maximum absolute atomic E-state index is 14.9. The predicted octanol–water partition coefficient (Wildman–Crippen LogP) is 9.26. The number of hydrogen-bond acceptors (Lipinski definition) is 6. The molecule has 0 spiro atoms. The van der Waals surface area contributed by atoms with Crippen LogP contribution in [0.1, 0.15) is 129 Å². The van der Waals surface area contributed by atoms with Crippen LogP contribution in [-0.2, 0) is 17.6 Å². The van der Waals surface area contributed by atoms with Crippen LogP contribution in [0.3, 0.4) is 0 Å². The van der Waals surface area contributed by atoms with Crippen molar-refractivity contribution in [3.8, 4) is 11.5 Å². The number of amides is 1. The Morgan fingerprint density at radius 2 is 1.54 bits per heavy atom. The summed E-state index contributed by atoms with van der Waals surface area (Å²) in [5.74, 6) is 3.37. The Morgan fingerprint density at radius 3 is 2.23 bits per heavy atom. The molecule has 6 bridgehead atoms. The molecule has 5 fully saturated rings. The third-order valence-electron chi connectivity index (χ3n) is 15.3. The topological polar surface area (TPSA) is 96.3 Å². The summed E-state index contributed by atoms with van der Waals surface area (Å²) >= 11 is 0. The van der Waals surface area contributed by atoms with E-state index < -0.39 is 17.1 Å². The average Bonchev–Trinajstić information content (AvgIpc) is 3.44. The molecule has 4 atom stereocenters. The van der Waals surface area contributed by atoms with Gasteiger partial charge in [0.1, 0.15) is 0 Å². The molecule has 7 aliphatic carbocycles. The smallest absolute Gasteiger partial charge is 0.227 e. The lowest BCUT2D eigenvalue weighted by atomic mass is 9.49. The average molecular weight is 774 g/mol. The van der Waals surface area contributed by atoms with Gasteiger partial charge in [-0.3, -0.25) is 9.59 Å². The second kappa shape index (κ2) is 16.0. The van der Waals surface area contributed by atoms with E-state index in [4.69, 9.17) is 9.47 Å². The fraction of sp³-hybridized carbons (Fsp3) is 0.560. The van der Waals surface area contributed by atoms with Gasteiger partial charge >= 0.3 is 0 Å². The highest BCUT2D eigenvalue weighted by molar-refractivity contribution is 6.10. The van der Waals surface area contributed by atoms with Crippen LogP contribution in [0.4, 0.5) is 0 Å². The van der Waals surface area contributed by atoms with Crippen LogP contribution >= 0.6 is 0 Å². The number of carbonyl (C=O) groups is 2. The zero-order valence-electron chi connectivity index (χ0n) is 34.6. The molecule has 304 valence electrons. The van der Waals surface area contributed by atoms with E-state index in [0.717, 1.165) is 47.3 Å². The number of nitrogens with zero attached hydrogens (tertiary/aromatic N) is 1. The van der Waals surface area contributed by atoms with Crippen molar-refractivity contribution in [2.24, 2.45) is 28.6 Å². The number of ketones is 1. The molecule has 10 rings (SSSR count). The summed E-state index contributed by atoms with van der Waals surface area (Å²) in [5, 5.41) is 24.5. The van der Waals surface area contributed by atoms with Crippen LogP contribution in [0.15, 0.2) is 78.4 Å². The van der Waals surface area contributed by atoms with Crippen LogP contribution in [0.2, 0.25) is 0 Å². The molecule has 7 aliphatic rings. The molecular weight excluding hydrogens is 711 g/mol. The minimum absolute atomic E-state index is 0.0314. The molecule has 5 saturated carbocycles. The molecule has 7 nitrogen and oxygen atoms in total. The molecule has 3 aromatic carbocycles. The molecule has 0 aliphatic heterocycles. The molecule has 0 heterocycles. The number of carbonyl (C=O) groups excluding carboxylic acids is 2. The third kappa shape index (κ3) is 7.96. The first-order valence-electron chi connectivity index (χ1n) is 21.7. The van der Waals surface area contributed by atoms with E-state index in [0.29, 0.717) is 61.3 Å².